The number of nitrogens with zero attached hydrogens (tertiary/aromatic N) is 5. The summed E-state index contributed by atoms with van der Waals surface area (Å²) in [7, 11) is 0. The average Bonchev–Trinajstić information content (AvgIpc) is 3.24. The third kappa shape index (κ3) is 3.46. The first-order chi connectivity index (χ1) is 14.4. The van der Waals surface area contributed by atoms with E-state index in [-0.39, 0.29) is 24.4 Å². The van der Waals surface area contributed by atoms with Crippen molar-refractivity contribution < 1.29 is 14.4 Å². The van der Waals surface area contributed by atoms with Crippen LogP contribution >= 0.6 is 0 Å². The molecular weight excluding hydrogens is 382 g/mol. The molecule has 2 saturated heterocycles. The lowest BCUT2D eigenvalue weighted by Gasteiger charge is -2.42. The van der Waals surface area contributed by atoms with E-state index in [9.17, 15) is 14.4 Å². The van der Waals surface area contributed by atoms with Crippen molar-refractivity contribution in [2.75, 3.05) is 19.6 Å². The lowest BCUT2D eigenvalue weighted by atomic mass is 9.85. The largest absolute Gasteiger partial charge is 0.341 e. The van der Waals surface area contributed by atoms with Crippen molar-refractivity contribution in [1.29, 1.82) is 0 Å². The Bertz CT molecular complexity index is 947. The highest BCUT2D eigenvalue weighted by molar-refractivity contribution is 6.07. The fraction of sp³-hybridized carbons (Fsp3) is 0.455. The van der Waals surface area contributed by atoms with E-state index in [1.54, 1.807) is 20.7 Å². The Morgan fingerprint density at radius 1 is 1.13 bits per heavy atom. The number of imide groups is 1. The zero-order chi connectivity index (χ0) is 21.3. The second-order valence-corrected chi connectivity index (χ2v) is 8.03. The number of benzene rings is 1. The highest BCUT2D eigenvalue weighted by Crippen LogP contribution is 2.38. The van der Waals surface area contributed by atoms with Crippen molar-refractivity contribution in [2.45, 2.75) is 45.3 Å². The van der Waals surface area contributed by atoms with Gasteiger partial charge in [-0.25, -0.2) is 4.79 Å². The first-order valence-electron chi connectivity index (χ1n) is 10.4. The molecule has 0 aliphatic carbocycles. The number of aromatic nitrogens is 2. The van der Waals surface area contributed by atoms with Gasteiger partial charge in [0, 0.05) is 32.4 Å². The Hall–Kier alpha value is -3.16. The summed E-state index contributed by atoms with van der Waals surface area (Å²) in [4.78, 5) is 43.8. The number of hydrogen-bond acceptors (Lipinski definition) is 4. The van der Waals surface area contributed by atoms with E-state index in [0.29, 0.717) is 39.0 Å². The van der Waals surface area contributed by atoms with Gasteiger partial charge in [-0.15, -0.1) is 0 Å². The quantitative estimate of drug-likeness (QED) is 0.708. The molecule has 0 atom stereocenters. The van der Waals surface area contributed by atoms with E-state index in [4.69, 9.17) is 0 Å². The topological polar surface area (TPSA) is 78.8 Å². The van der Waals surface area contributed by atoms with Crippen LogP contribution in [0.25, 0.3) is 0 Å². The molecule has 2 fully saturated rings. The normalized spacial score (nSPS) is 18.5. The summed E-state index contributed by atoms with van der Waals surface area (Å²) in [6.07, 6.45) is 4.46. The van der Waals surface area contributed by atoms with Gasteiger partial charge >= 0.3 is 6.03 Å². The molecule has 1 aromatic carbocycles. The molecule has 2 aromatic rings. The fourth-order valence-corrected chi connectivity index (χ4v) is 4.45. The van der Waals surface area contributed by atoms with Gasteiger partial charge in [-0.05, 0) is 37.8 Å². The van der Waals surface area contributed by atoms with Crippen molar-refractivity contribution in [3.05, 3.63) is 53.9 Å². The summed E-state index contributed by atoms with van der Waals surface area (Å²) in [5, 5.41) is 4.18. The number of amides is 4. The Labute approximate surface area is 176 Å². The molecule has 0 N–H and O–H groups in total. The lowest BCUT2D eigenvalue weighted by molar-refractivity contribution is -0.141. The molecule has 0 bridgehead atoms. The first-order valence-corrected chi connectivity index (χ1v) is 10.4. The minimum Gasteiger partial charge on any atom is -0.341 e. The lowest BCUT2D eigenvalue weighted by Crippen LogP contribution is -2.57. The van der Waals surface area contributed by atoms with Crippen LogP contribution in [0.15, 0.2) is 42.7 Å². The van der Waals surface area contributed by atoms with Crippen LogP contribution in [0.3, 0.4) is 0 Å². The number of hydrogen-bond donors (Lipinski definition) is 0. The van der Waals surface area contributed by atoms with E-state index in [1.807, 2.05) is 50.4 Å². The van der Waals surface area contributed by atoms with E-state index >= 15 is 0 Å². The van der Waals surface area contributed by atoms with Crippen LogP contribution in [-0.4, -0.2) is 67.5 Å². The van der Waals surface area contributed by atoms with Gasteiger partial charge in [0.05, 0.1) is 6.20 Å². The molecule has 0 saturated carbocycles. The van der Waals surface area contributed by atoms with Gasteiger partial charge in [0.15, 0.2) is 0 Å². The minimum atomic E-state index is -0.873. The summed E-state index contributed by atoms with van der Waals surface area (Å²) in [5.41, 5.74) is 1.12. The number of piperidine rings is 1. The number of aryl methyl sites for hydroxylation is 1. The average molecular weight is 409 g/mol. The minimum absolute atomic E-state index is 0.0216. The van der Waals surface area contributed by atoms with Crippen LogP contribution in [0.5, 0.6) is 0 Å². The number of carbonyl (C=O) groups is 3. The monoisotopic (exact) mass is 409 g/mol. The van der Waals surface area contributed by atoms with Gasteiger partial charge in [0.2, 0.25) is 5.91 Å². The smallest absolute Gasteiger partial charge is 0.327 e. The van der Waals surface area contributed by atoms with Crippen molar-refractivity contribution in [3.8, 4) is 0 Å². The third-order valence-electron chi connectivity index (χ3n) is 6.12. The summed E-state index contributed by atoms with van der Waals surface area (Å²) in [6.45, 7) is 5.57. The number of rotatable bonds is 5. The zero-order valence-corrected chi connectivity index (χ0v) is 17.5. The number of likely N-dealkylation sites (N-methyl/N-ethyl adjacent to an activating group) is 1. The van der Waals surface area contributed by atoms with Gasteiger partial charge in [-0.2, -0.15) is 5.10 Å². The second-order valence-electron chi connectivity index (χ2n) is 8.03. The van der Waals surface area contributed by atoms with Crippen molar-refractivity contribution >= 4 is 17.8 Å². The Kier molecular flexibility index (Phi) is 5.32. The molecule has 8 nitrogen and oxygen atoms in total. The van der Waals surface area contributed by atoms with E-state index in [2.05, 4.69) is 5.10 Å². The number of likely N-dealkylation sites (tertiary alicyclic amines) is 1. The summed E-state index contributed by atoms with van der Waals surface area (Å²) in [6, 6.07) is 9.48. The molecule has 2 aliphatic rings. The molecule has 0 unspecified atom stereocenters. The maximum atomic E-state index is 13.2. The van der Waals surface area contributed by atoms with Crippen molar-refractivity contribution in [2.24, 2.45) is 0 Å². The molecule has 2 aliphatic heterocycles. The zero-order valence-electron chi connectivity index (χ0n) is 17.5. The Balaban J connectivity index is 1.50. The van der Waals surface area contributed by atoms with Crippen LogP contribution in [-0.2, 0) is 22.7 Å². The fourth-order valence-electron chi connectivity index (χ4n) is 4.45. The summed E-state index contributed by atoms with van der Waals surface area (Å²) >= 11 is 0. The molecule has 1 spiro atoms. The van der Waals surface area contributed by atoms with Gasteiger partial charge in [0.25, 0.3) is 5.91 Å². The molecule has 0 radical (unpaired) electrons. The highest BCUT2D eigenvalue weighted by Gasteiger charge is 2.57. The predicted molar refractivity (Wildman–Crippen MR) is 110 cm³/mol. The molecule has 4 rings (SSSR count). The number of carbonyl (C=O) groups excluding carboxylic acids is 3. The molecule has 8 heteroatoms. The molecular formula is C22H27N5O3. The molecule has 3 heterocycles. The van der Waals surface area contributed by atoms with Gasteiger partial charge in [-0.1, -0.05) is 30.3 Å². The Morgan fingerprint density at radius 2 is 1.83 bits per heavy atom. The summed E-state index contributed by atoms with van der Waals surface area (Å²) in [5.74, 6) is -0.160. The third-order valence-corrected chi connectivity index (χ3v) is 6.12. The van der Waals surface area contributed by atoms with Crippen LogP contribution in [0, 0.1) is 6.92 Å². The van der Waals surface area contributed by atoms with Gasteiger partial charge in [-0.3, -0.25) is 19.2 Å². The van der Waals surface area contributed by atoms with Crippen LogP contribution < -0.4 is 0 Å². The molecule has 1 aromatic heterocycles. The van der Waals surface area contributed by atoms with Crippen molar-refractivity contribution in [1.82, 2.24) is 24.5 Å². The molecule has 158 valence electrons. The van der Waals surface area contributed by atoms with Crippen LogP contribution in [0.1, 0.15) is 30.9 Å². The molecule has 30 heavy (non-hydrogen) atoms. The maximum Gasteiger partial charge on any atom is 0.327 e. The van der Waals surface area contributed by atoms with E-state index in [1.165, 1.54) is 4.90 Å². The summed E-state index contributed by atoms with van der Waals surface area (Å²) < 4.78 is 1.63. The van der Waals surface area contributed by atoms with Gasteiger partial charge < -0.3 is 9.80 Å². The second kappa shape index (κ2) is 7.93. The predicted octanol–water partition coefficient (Wildman–Crippen LogP) is 2.04. The molecule has 4 amide bonds. The maximum absolute atomic E-state index is 13.2. The van der Waals surface area contributed by atoms with Crippen LogP contribution in [0.4, 0.5) is 4.79 Å². The first kappa shape index (κ1) is 20.1. The van der Waals surface area contributed by atoms with Gasteiger partial charge in [0.1, 0.15) is 12.1 Å². The number of urea groups is 1. The van der Waals surface area contributed by atoms with Crippen LogP contribution in [0.2, 0.25) is 0 Å². The van der Waals surface area contributed by atoms with Crippen molar-refractivity contribution in [3.63, 3.8) is 0 Å². The SMILES string of the molecule is CCN1C(=O)N(Cc2ccccc2)C2(CCN(C(=O)Cn3cc(C)cn3)CC2)C1=O. The van der Waals surface area contributed by atoms with E-state index in [0.717, 1.165) is 11.1 Å². The van der Waals surface area contributed by atoms with E-state index < -0.39 is 5.54 Å². The highest BCUT2D eigenvalue weighted by atomic mass is 16.2. The standard InChI is InChI=1S/C22H27N5O3/c1-3-26-20(29)22(27(21(26)30)15-18-7-5-4-6-8-18)9-11-24(12-10-22)19(28)16-25-14-17(2)13-23-25/h4-8,13-14H,3,9-12,15-16H2,1-2H3. The Morgan fingerprint density at radius 3 is 2.43 bits per heavy atom.